The van der Waals surface area contributed by atoms with Crippen LogP contribution in [-0.4, -0.2) is 25.6 Å². The molecule has 2 aromatic heterocycles. The molecule has 0 atom stereocenters. The molecule has 3 rings (SSSR count). The summed E-state index contributed by atoms with van der Waals surface area (Å²) in [6, 6.07) is 7.21. The van der Waals surface area contributed by atoms with Crippen LogP contribution in [0.2, 0.25) is 0 Å². The van der Waals surface area contributed by atoms with Gasteiger partial charge in [0.1, 0.15) is 0 Å². The molecule has 1 amide bonds. The van der Waals surface area contributed by atoms with Crippen molar-refractivity contribution in [3.05, 3.63) is 46.1 Å². The number of hydrogen-bond donors (Lipinski definition) is 1. The summed E-state index contributed by atoms with van der Waals surface area (Å²) in [5, 5.41) is 17.6. The molecule has 0 fully saturated rings. The van der Waals surface area contributed by atoms with Crippen LogP contribution in [-0.2, 0) is 11.3 Å². The second-order valence-electron chi connectivity index (χ2n) is 4.98. The SMILES string of the molecule is Cc1ccc2nc(NC(=O)CCn3ccc([N+](=O)[O-])n3)sc2c1. The minimum atomic E-state index is -0.570. The number of amides is 1. The van der Waals surface area contributed by atoms with E-state index in [4.69, 9.17) is 0 Å². The van der Waals surface area contributed by atoms with Gasteiger partial charge in [-0.05, 0) is 29.5 Å². The van der Waals surface area contributed by atoms with Crippen molar-refractivity contribution in [2.24, 2.45) is 0 Å². The Morgan fingerprint density at radius 3 is 3.00 bits per heavy atom. The van der Waals surface area contributed by atoms with Gasteiger partial charge in [-0.2, -0.15) is 4.68 Å². The number of anilines is 1. The summed E-state index contributed by atoms with van der Waals surface area (Å²) in [4.78, 5) is 26.3. The molecule has 2 heterocycles. The first-order chi connectivity index (χ1) is 11.0. The van der Waals surface area contributed by atoms with Crippen LogP contribution in [0, 0.1) is 17.0 Å². The van der Waals surface area contributed by atoms with E-state index in [0.717, 1.165) is 15.8 Å². The van der Waals surface area contributed by atoms with Crippen molar-refractivity contribution >= 4 is 38.4 Å². The topological polar surface area (TPSA) is 103 Å². The molecule has 1 N–H and O–H groups in total. The maximum absolute atomic E-state index is 12.0. The van der Waals surface area contributed by atoms with Crippen LogP contribution in [0.1, 0.15) is 12.0 Å². The van der Waals surface area contributed by atoms with E-state index in [0.29, 0.717) is 5.13 Å². The van der Waals surface area contributed by atoms with Crippen molar-refractivity contribution < 1.29 is 9.72 Å². The second kappa shape index (κ2) is 6.13. The number of nitrogens with zero attached hydrogens (tertiary/aromatic N) is 4. The Labute approximate surface area is 134 Å². The highest BCUT2D eigenvalue weighted by molar-refractivity contribution is 7.22. The van der Waals surface area contributed by atoms with Gasteiger partial charge in [-0.3, -0.25) is 4.79 Å². The normalized spacial score (nSPS) is 10.8. The van der Waals surface area contributed by atoms with Gasteiger partial charge in [0, 0.05) is 6.42 Å². The van der Waals surface area contributed by atoms with Gasteiger partial charge in [-0.25, -0.2) is 4.98 Å². The molecular formula is C14H13N5O3S. The zero-order valence-electron chi connectivity index (χ0n) is 12.2. The minimum absolute atomic E-state index is 0.161. The molecule has 0 spiro atoms. The first-order valence-electron chi connectivity index (χ1n) is 6.86. The molecule has 0 unspecified atom stereocenters. The van der Waals surface area contributed by atoms with Crippen LogP contribution in [0.15, 0.2) is 30.5 Å². The number of carbonyl (C=O) groups excluding carboxylic acids is 1. The number of nitro groups is 1. The third kappa shape index (κ3) is 3.51. The molecule has 9 heteroatoms. The number of hydrogen-bond acceptors (Lipinski definition) is 6. The molecule has 3 aromatic rings. The maximum Gasteiger partial charge on any atom is 0.389 e. The number of rotatable bonds is 5. The molecule has 0 aliphatic rings. The van der Waals surface area contributed by atoms with Gasteiger partial charge in [0.25, 0.3) is 0 Å². The second-order valence-corrected chi connectivity index (χ2v) is 6.01. The fourth-order valence-electron chi connectivity index (χ4n) is 2.06. The highest BCUT2D eigenvalue weighted by Gasteiger charge is 2.13. The van der Waals surface area contributed by atoms with Gasteiger partial charge < -0.3 is 15.4 Å². The van der Waals surface area contributed by atoms with Gasteiger partial charge in [0.15, 0.2) is 5.13 Å². The van der Waals surface area contributed by atoms with E-state index in [1.54, 1.807) is 0 Å². The number of benzene rings is 1. The molecule has 0 bridgehead atoms. The lowest BCUT2D eigenvalue weighted by Crippen LogP contribution is -2.14. The van der Waals surface area contributed by atoms with Gasteiger partial charge >= 0.3 is 5.82 Å². The van der Waals surface area contributed by atoms with Crippen LogP contribution in [0.3, 0.4) is 0 Å². The van der Waals surface area contributed by atoms with Crippen LogP contribution in [0.4, 0.5) is 10.9 Å². The molecule has 1 aromatic carbocycles. The smallest absolute Gasteiger partial charge is 0.358 e. The standard InChI is InChI=1S/C14H13N5O3S/c1-9-2-3-10-11(8-9)23-14(15-10)16-13(20)5-7-18-6-4-12(17-18)19(21)22/h2-4,6,8H,5,7H2,1H3,(H,15,16,20). The third-order valence-electron chi connectivity index (χ3n) is 3.17. The molecule has 23 heavy (non-hydrogen) atoms. The van der Waals surface area contributed by atoms with Crippen molar-refractivity contribution in [1.82, 2.24) is 14.8 Å². The quantitative estimate of drug-likeness (QED) is 0.572. The van der Waals surface area contributed by atoms with Crippen molar-refractivity contribution in [3.8, 4) is 0 Å². The number of carbonyl (C=O) groups is 1. The summed E-state index contributed by atoms with van der Waals surface area (Å²) in [5.41, 5.74) is 1.98. The summed E-state index contributed by atoms with van der Waals surface area (Å²) in [6.45, 7) is 2.27. The van der Waals surface area contributed by atoms with Gasteiger partial charge in [-0.15, -0.1) is 0 Å². The largest absolute Gasteiger partial charge is 0.389 e. The van der Waals surface area contributed by atoms with E-state index in [1.165, 1.54) is 28.3 Å². The molecule has 0 aliphatic heterocycles. The Balaban J connectivity index is 1.60. The predicted octanol–water partition coefficient (Wildman–Crippen LogP) is 2.74. The van der Waals surface area contributed by atoms with Crippen LogP contribution in [0.5, 0.6) is 0 Å². The zero-order chi connectivity index (χ0) is 16.4. The van der Waals surface area contributed by atoms with Gasteiger partial charge in [0.2, 0.25) is 5.91 Å². The summed E-state index contributed by atoms with van der Waals surface area (Å²) < 4.78 is 2.39. The number of fused-ring (bicyclic) bond motifs is 1. The van der Waals surface area contributed by atoms with Gasteiger partial charge in [-0.1, -0.05) is 17.4 Å². The molecule has 8 nitrogen and oxygen atoms in total. The molecule has 0 radical (unpaired) electrons. The van der Waals surface area contributed by atoms with E-state index in [9.17, 15) is 14.9 Å². The number of aromatic nitrogens is 3. The molecule has 0 saturated heterocycles. The molecule has 0 aliphatic carbocycles. The monoisotopic (exact) mass is 331 g/mol. The van der Waals surface area contributed by atoms with Crippen LogP contribution >= 0.6 is 11.3 Å². The Morgan fingerprint density at radius 2 is 2.26 bits per heavy atom. The average molecular weight is 331 g/mol. The maximum atomic E-state index is 12.0. The molecular weight excluding hydrogens is 318 g/mol. The lowest BCUT2D eigenvalue weighted by atomic mass is 10.2. The van der Waals surface area contributed by atoms with Crippen molar-refractivity contribution in [2.75, 3.05) is 5.32 Å². The highest BCUT2D eigenvalue weighted by atomic mass is 32.1. The van der Waals surface area contributed by atoms with E-state index >= 15 is 0 Å². The summed E-state index contributed by atoms with van der Waals surface area (Å²) in [7, 11) is 0. The average Bonchev–Trinajstić information content (AvgIpc) is 3.10. The highest BCUT2D eigenvalue weighted by Crippen LogP contribution is 2.26. The van der Waals surface area contributed by atoms with E-state index in [2.05, 4.69) is 15.4 Å². The Bertz CT molecular complexity index is 886. The Kier molecular flexibility index (Phi) is 4.02. The lowest BCUT2D eigenvalue weighted by molar-refractivity contribution is -0.389. The fraction of sp³-hybridized carbons (Fsp3) is 0.214. The first-order valence-corrected chi connectivity index (χ1v) is 7.68. The molecule has 0 saturated carbocycles. The van der Waals surface area contributed by atoms with Crippen molar-refractivity contribution in [2.45, 2.75) is 19.9 Å². The zero-order valence-corrected chi connectivity index (χ0v) is 13.0. The van der Waals surface area contributed by atoms with E-state index < -0.39 is 4.92 Å². The minimum Gasteiger partial charge on any atom is -0.358 e. The van der Waals surface area contributed by atoms with E-state index in [1.807, 2.05) is 25.1 Å². The van der Waals surface area contributed by atoms with E-state index in [-0.39, 0.29) is 24.7 Å². The van der Waals surface area contributed by atoms with Crippen molar-refractivity contribution in [1.29, 1.82) is 0 Å². The Hall–Kier alpha value is -2.81. The third-order valence-corrected chi connectivity index (χ3v) is 4.11. The summed E-state index contributed by atoms with van der Waals surface area (Å²) in [5.74, 6) is -0.439. The lowest BCUT2D eigenvalue weighted by Gasteiger charge is -1.99. The molecule has 118 valence electrons. The number of thiazole rings is 1. The Morgan fingerprint density at radius 1 is 1.43 bits per heavy atom. The fourth-order valence-corrected chi connectivity index (χ4v) is 3.04. The number of nitrogens with one attached hydrogen (secondary N) is 1. The van der Waals surface area contributed by atoms with Crippen molar-refractivity contribution in [3.63, 3.8) is 0 Å². The number of aryl methyl sites for hydroxylation is 2. The summed E-state index contributed by atoms with van der Waals surface area (Å²) >= 11 is 1.41. The predicted molar refractivity (Wildman–Crippen MR) is 86.5 cm³/mol. The van der Waals surface area contributed by atoms with Gasteiger partial charge in [0.05, 0.1) is 34.1 Å². The first kappa shape index (κ1) is 15.1. The summed E-state index contributed by atoms with van der Waals surface area (Å²) in [6.07, 6.45) is 1.64. The van der Waals surface area contributed by atoms with Crippen LogP contribution < -0.4 is 5.32 Å². The van der Waals surface area contributed by atoms with Crippen LogP contribution in [0.25, 0.3) is 10.2 Å².